The summed E-state index contributed by atoms with van der Waals surface area (Å²) in [4.78, 5) is 11.8. The molecule has 1 atom stereocenters. The van der Waals surface area contributed by atoms with E-state index < -0.39 is 10.0 Å². The molecule has 0 saturated heterocycles. The van der Waals surface area contributed by atoms with E-state index in [9.17, 15) is 17.6 Å². The Morgan fingerprint density at radius 2 is 2.00 bits per heavy atom. The van der Waals surface area contributed by atoms with E-state index in [0.29, 0.717) is 28.3 Å². The van der Waals surface area contributed by atoms with Gasteiger partial charge < -0.3 is 5.32 Å². The van der Waals surface area contributed by atoms with Gasteiger partial charge in [-0.1, -0.05) is 18.2 Å². The number of sulfonamides is 1. The Hall–Kier alpha value is -1.90. The summed E-state index contributed by atoms with van der Waals surface area (Å²) in [5.41, 5.74) is 1.94. The number of thioether (sulfide) groups is 1. The average Bonchev–Trinajstić information content (AvgIpc) is 2.90. The molecule has 1 amide bonds. The van der Waals surface area contributed by atoms with Gasteiger partial charge in [0, 0.05) is 23.7 Å². The molecule has 0 radical (unpaired) electrons. The fraction of sp³-hybridized carbons (Fsp3) is 0.278. The molecule has 1 aliphatic rings. The summed E-state index contributed by atoms with van der Waals surface area (Å²) < 4.78 is 40.9. The van der Waals surface area contributed by atoms with Crippen molar-refractivity contribution in [3.8, 4) is 0 Å². The number of benzene rings is 2. The van der Waals surface area contributed by atoms with Crippen molar-refractivity contribution in [2.24, 2.45) is 0 Å². The topological polar surface area (TPSA) is 75.3 Å². The maximum atomic E-state index is 13.5. The van der Waals surface area contributed by atoms with Crippen LogP contribution in [-0.2, 0) is 20.6 Å². The van der Waals surface area contributed by atoms with E-state index in [1.54, 1.807) is 31.2 Å². The molecule has 0 fully saturated rings. The van der Waals surface area contributed by atoms with Crippen molar-refractivity contribution < 1.29 is 17.6 Å². The zero-order valence-corrected chi connectivity index (χ0v) is 15.8. The van der Waals surface area contributed by atoms with Gasteiger partial charge >= 0.3 is 0 Å². The van der Waals surface area contributed by atoms with E-state index in [2.05, 4.69) is 10.0 Å². The Kier molecular flexibility index (Phi) is 5.64. The Labute approximate surface area is 156 Å². The van der Waals surface area contributed by atoms with E-state index in [4.69, 9.17) is 0 Å². The Bertz CT molecular complexity index is 932. The molecule has 0 unspecified atom stereocenters. The van der Waals surface area contributed by atoms with Gasteiger partial charge in [0.15, 0.2) is 0 Å². The van der Waals surface area contributed by atoms with Crippen LogP contribution in [0.1, 0.15) is 24.0 Å². The van der Waals surface area contributed by atoms with Gasteiger partial charge in [-0.15, -0.1) is 0 Å². The minimum Gasteiger partial charge on any atom is -0.325 e. The number of amides is 1. The normalized spacial score (nSPS) is 16.4. The van der Waals surface area contributed by atoms with Crippen LogP contribution in [0.2, 0.25) is 0 Å². The van der Waals surface area contributed by atoms with Crippen molar-refractivity contribution >= 4 is 33.4 Å². The Balaban J connectivity index is 1.55. The van der Waals surface area contributed by atoms with Crippen molar-refractivity contribution in [1.29, 1.82) is 0 Å². The monoisotopic (exact) mass is 394 g/mol. The quantitative estimate of drug-likeness (QED) is 0.708. The molecular weight excluding hydrogens is 375 g/mol. The molecule has 8 heteroatoms. The SMILES string of the molecule is C[C@@H]1C(=O)Nc2ccc(S(=O)(=O)NCCSCc3ccccc3F)cc21. The van der Waals surface area contributed by atoms with Gasteiger partial charge in [0.2, 0.25) is 15.9 Å². The number of rotatable bonds is 7. The third-order valence-electron chi connectivity index (χ3n) is 4.20. The van der Waals surface area contributed by atoms with Crippen LogP contribution in [0.5, 0.6) is 0 Å². The lowest BCUT2D eigenvalue weighted by atomic mass is 10.0. The van der Waals surface area contributed by atoms with Crippen molar-refractivity contribution in [1.82, 2.24) is 4.72 Å². The molecule has 0 saturated carbocycles. The summed E-state index contributed by atoms with van der Waals surface area (Å²) >= 11 is 1.46. The van der Waals surface area contributed by atoms with Gasteiger partial charge in [-0.2, -0.15) is 11.8 Å². The van der Waals surface area contributed by atoms with Crippen LogP contribution in [-0.4, -0.2) is 26.6 Å². The number of hydrogen-bond donors (Lipinski definition) is 2. The number of halogens is 1. The van der Waals surface area contributed by atoms with Gasteiger partial charge in [-0.3, -0.25) is 4.79 Å². The second-order valence-corrected chi connectivity index (χ2v) is 8.87. The first kappa shape index (κ1) is 18.9. The van der Waals surface area contributed by atoms with Crippen LogP contribution < -0.4 is 10.0 Å². The number of fused-ring (bicyclic) bond motifs is 1. The maximum absolute atomic E-state index is 13.5. The number of carbonyl (C=O) groups excluding carboxylic acids is 1. The maximum Gasteiger partial charge on any atom is 0.240 e. The highest BCUT2D eigenvalue weighted by atomic mass is 32.2. The first-order valence-corrected chi connectivity index (χ1v) is 10.8. The summed E-state index contributed by atoms with van der Waals surface area (Å²) in [6, 6.07) is 11.2. The first-order chi connectivity index (χ1) is 12.4. The largest absolute Gasteiger partial charge is 0.325 e. The van der Waals surface area contributed by atoms with Crippen LogP contribution in [0.15, 0.2) is 47.4 Å². The highest BCUT2D eigenvalue weighted by molar-refractivity contribution is 7.98. The highest BCUT2D eigenvalue weighted by Gasteiger charge is 2.28. The molecule has 5 nitrogen and oxygen atoms in total. The molecule has 1 aliphatic heterocycles. The molecular formula is C18H19FN2O3S2. The van der Waals surface area contributed by atoms with E-state index in [1.165, 1.54) is 30.0 Å². The van der Waals surface area contributed by atoms with Crippen LogP contribution in [0.25, 0.3) is 0 Å². The van der Waals surface area contributed by atoms with E-state index in [0.717, 1.165) is 0 Å². The highest BCUT2D eigenvalue weighted by Crippen LogP contribution is 2.33. The second kappa shape index (κ2) is 7.77. The standard InChI is InChI=1S/C18H19FN2O3S2/c1-12-15-10-14(6-7-17(15)21-18(12)22)26(23,24)20-8-9-25-11-13-4-2-3-5-16(13)19/h2-7,10,12,20H,8-9,11H2,1H3,(H,21,22)/t12-/m0/s1. The fourth-order valence-electron chi connectivity index (χ4n) is 2.69. The molecule has 138 valence electrons. The minimum atomic E-state index is -3.65. The minimum absolute atomic E-state index is 0.132. The molecule has 0 bridgehead atoms. The number of anilines is 1. The van der Waals surface area contributed by atoms with Gasteiger partial charge in [-0.05, 0) is 42.3 Å². The molecule has 0 spiro atoms. The summed E-state index contributed by atoms with van der Waals surface area (Å²) in [6.45, 7) is 1.98. The van der Waals surface area contributed by atoms with E-state index in [1.807, 2.05) is 0 Å². The van der Waals surface area contributed by atoms with Gasteiger partial charge in [-0.25, -0.2) is 17.5 Å². The third-order valence-corrected chi connectivity index (χ3v) is 6.67. The molecule has 3 rings (SSSR count). The molecule has 2 aromatic rings. The first-order valence-electron chi connectivity index (χ1n) is 8.14. The predicted molar refractivity (Wildman–Crippen MR) is 101 cm³/mol. The smallest absolute Gasteiger partial charge is 0.240 e. The lowest BCUT2D eigenvalue weighted by Crippen LogP contribution is -2.26. The molecule has 0 aromatic heterocycles. The summed E-state index contributed by atoms with van der Waals surface area (Å²) in [7, 11) is -3.65. The van der Waals surface area contributed by atoms with E-state index in [-0.39, 0.29) is 29.1 Å². The summed E-state index contributed by atoms with van der Waals surface area (Å²) in [5.74, 6) is 0.257. The lowest BCUT2D eigenvalue weighted by Gasteiger charge is -2.09. The van der Waals surface area contributed by atoms with Crippen molar-refractivity contribution in [2.75, 3.05) is 17.6 Å². The zero-order chi connectivity index (χ0) is 18.7. The number of carbonyl (C=O) groups is 1. The van der Waals surface area contributed by atoms with E-state index >= 15 is 0 Å². The summed E-state index contributed by atoms with van der Waals surface area (Å²) in [6.07, 6.45) is 0. The Morgan fingerprint density at radius 1 is 1.23 bits per heavy atom. The van der Waals surface area contributed by atoms with Crippen LogP contribution in [0, 0.1) is 5.82 Å². The van der Waals surface area contributed by atoms with Crippen molar-refractivity contribution in [2.45, 2.75) is 23.5 Å². The fourth-order valence-corrected chi connectivity index (χ4v) is 4.73. The van der Waals surface area contributed by atoms with Crippen LogP contribution in [0.3, 0.4) is 0 Å². The summed E-state index contributed by atoms with van der Waals surface area (Å²) in [5, 5.41) is 2.72. The second-order valence-electron chi connectivity index (χ2n) is 6.00. The molecule has 2 N–H and O–H groups in total. The lowest BCUT2D eigenvalue weighted by molar-refractivity contribution is -0.116. The molecule has 26 heavy (non-hydrogen) atoms. The van der Waals surface area contributed by atoms with Gasteiger partial charge in [0.25, 0.3) is 0 Å². The molecule has 1 heterocycles. The Morgan fingerprint density at radius 3 is 2.77 bits per heavy atom. The number of hydrogen-bond acceptors (Lipinski definition) is 4. The average molecular weight is 394 g/mol. The van der Waals surface area contributed by atoms with Crippen molar-refractivity contribution in [3.05, 3.63) is 59.4 Å². The third kappa shape index (κ3) is 4.08. The van der Waals surface area contributed by atoms with Crippen LogP contribution in [0.4, 0.5) is 10.1 Å². The molecule has 0 aliphatic carbocycles. The predicted octanol–water partition coefficient (Wildman–Crippen LogP) is 3.09. The van der Waals surface area contributed by atoms with Crippen molar-refractivity contribution in [3.63, 3.8) is 0 Å². The van der Waals surface area contributed by atoms with Gasteiger partial charge in [0.1, 0.15) is 5.82 Å². The van der Waals surface area contributed by atoms with Crippen LogP contribution >= 0.6 is 11.8 Å². The zero-order valence-electron chi connectivity index (χ0n) is 14.2. The number of nitrogens with one attached hydrogen (secondary N) is 2. The van der Waals surface area contributed by atoms with Gasteiger partial charge in [0.05, 0.1) is 10.8 Å². The molecule has 2 aromatic carbocycles.